The molecule has 0 heterocycles. The van der Waals surface area contributed by atoms with Crippen molar-refractivity contribution < 1.29 is 17.1 Å². The molecule has 0 fully saturated rings. The van der Waals surface area contributed by atoms with Crippen molar-refractivity contribution in [3.05, 3.63) is 24.8 Å². The van der Waals surface area contributed by atoms with Crippen LogP contribution in [0.1, 0.15) is 57.6 Å². The molecule has 0 rings (SSSR count). The molecule has 0 N–H and O–H groups in total. The molecule has 0 aliphatic heterocycles. The van der Waals surface area contributed by atoms with Gasteiger partial charge in [0.2, 0.25) is 0 Å². The maximum atomic E-state index is 11.8. The molecule has 0 saturated heterocycles. The quantitative estimate of drug-likeness (QED) is 0.493. The molecule has 4 nitrogen and oxygen atoms in total. The molecule has 0 bridgehead atoms. The topological polar surface area (TPSA) is 46.6 Å². The van der Waals surface area contributed by atoms with E-state index in [9.17, 15) is 9.59 Å². The van der Waals surface area contributed by atoms with E-state index in [0.717, 1.165) is 0 Å². The molecule has 4 heteroatoms. The fourth-order valence-electron chi connectivity index (χ4n) is 2.07. The first-order valence-corrected chi connectivity index (χ1v) is 8.31. The number of hydrogen-bond donors (Lipinski definition) is 0. The van der Waals surface area contributed by atoms with Crippen LogP contribution in [-0.4, -0.2) is 42.9 Å². The number of carbonyl (C=O) groups excluding carboxylic acids is 2. The van der Waals surface area contributed by atoms with E-state index in [-0.39, 0.29) is 18.2 Å². The zero-order valence-corrected chi connectivity index (χ0v) is 16.3. The van der Waals surface area contributed by atoms with Crippen molar-refractivity contribution >= 4 is 11.8 Å². The van der Waals surface area contributed by atoms with E-state index in [1.807, 2.05) is 34.6 Å². The van der Waals surface area contributed by atoms with Gasteiger partial charge in [0, 0.05) is 6.92 Å². The summed E-state index contributed by atoms with van der Waals surface area (Å²) < 4.78 is 19.3. The molecule has 0 aromatic carbocycles. The monoisotopic (exact) mass is 329 g/mol. The highest BCUT2D eigenvalue weighted by Gasteiger charge is 2.33. The molecule has 0 aliphatic carbocycles. The van der Waals surface area contributed by atoms with Crippen LogP contribution >= 0.6 is 0 Å². The van der Waals surface area contributed by atoms with Gasteiger partial charge in [0.15, 0.2) is 5.78 Å². The largest absolute Gasteiger partial charge is 0.460 e. The Labute approximate surface area is 146 Å². The summed E-state index contributed by atoms with van der Waals surface area (Å²) in [6, 6.07) is -0.490. The van der Waals surface area contributed by atoms with Crippen LogP contribution in [0.25, 0.3) is 0 Å². The van der Waals surface area contributed by atoms with Crippen molar-refractivity contribution in [1.82, 2.24) is 4.90 Å². The Bertz CT molecular complexity index is 417. The van der Waals surface area contributed by atoms with Crippen LogP contribution in [0.5, 0.6) is 0 Å². The smallest absolute Gasteiger partial charge is 0.302 e. The van der Waals surface area contributed by atoms with E-state index < -0.39 is 18.1 Å². The summed E-state index contributed by atoms with van der Waals surface area (Å²) in [6.07, 6.45) is 4.84. The average Bonchev–Trinajstić information content (AvgIpc) is 2.53. The summed E-state index contributed by atoms with van der Waals surface area (Å²) >= 11 is 0. The van der Waals surface area contributed by atoms with Crippen molar-refractivity contribution in [3.63, 3.8) is 0 Å². The maximum Gasteiger partial charge on any atom is 0.302 e. The Morgan fingerprint density at radius 1 is 1.22 bits per heavy atom. The normalized spacial score (nSPS) is 14.9. The second kappa shape index (κ2) is 16.9. The Morgan fingerprint density at radius 2 is 1.74 bits per heavy atom. The summed E-state index contributed by atoms with van der Waals surface area (Å²) in [7, 11) is 3.56. The molecular formula is C19H37NO3. The third-order valence-electron chi connectivity index (χ3n) is 2.89. The molecule has 3 atom stereocenters. The van der Waals surface area contributed by atoms with Crippen molar-refractivity contribution in [2.75, 3.05) is 14.1 Å². The van der Waals surface area contributed by atoms with Crippen LogP contribution in [0.2, 0.25) is 0 Å². The van der Waals surface area contributed by atoms with Crippen molar-refractivity contribution in [1.29, 1.82) is 0 Å². The van der Waals surface area contributed by atoms with E-state index in [0.29, 0.717) is 6.42 Å². The van der Waals surface area contributed by atoms with E-state index in [4.69, 9.17) is 7.48 Å². The van der Waals surface area contributed by atoms with Gasteiger partial charge >= 0.3 is 5.97 Å². The Balaban J connectivity index is -0.00000112. The molecule has 0 radical (unpaired) electrons. The van der Waals surface area contributed by atoms with Gasteiger partial charge in [-0.3, -0.25) is 14.5 Å². The molecule has 0 saturated carbocycles. The van der Waals surface area contributed by atoms with Crippen molar-refractivity contribution in [3.8, 4) is 0 Å². The zero-order chi connectivity index (χ0) is 20.6. The van der Waals surface area contributed by atoms with Gasteiger partial charge in [-0.2, -0.15) is 0 Å². The number of nitrogens with zero attached hydrogens (tertiary/aromatic N) is 1. The van der Waals surface area contributed by atoms with E-state index >= 15 is 0 Å². The van der Waals surface area contributed by atoms with Crippen LogP contribution in [0.3, 0.4) is 0 Å². The summed E-state index contributed by atoms with van der Waals surface area (Å²) in [4.78, 5) is 24.9. The van der Waals surface area contributed by atoms with Gasteiger partial charge in [-0.1, -0.05) is 59.4 Å². The highest BCUT2D eigenvalue weighted by molar-refractivity contribution is 5.82. The first-order chi connectivity index (χ1) is 11.7. The standard InChI is InChI=1S/C15H25NO3.2C2H6/c1-7-8-9-10-11(2)15(19-13(4)18)14(12(3)17)16(5)6;2*1-2/h7-9,11,14-15H,1,10H2,2-6H3;2*1-2H3/t11-,14-,15?;;/m1../s1/i1D2;;. The van der Waals surface area contributed by atoms with E-state index in [1.54, 1.807) is 31.1 Å². The van der Waals surface area contributed by atoms with Crippen LogP contribution in [0, 0.1) is 5.92 Å². The van der Waals surface area contributed by atoms with Gasteiger partial charge in [-0.15, -0.1) is 0 Å². The van der Waals surface area contributed by atoms with Crippen LogP contribution < -0.4 is 0 Å². The van der Waals surface area contributed by atoms with E-state index in [2.05, 4.69) is 0 Å². The second-order valence-corrected chi connectivity index (χ2v) is 4.90. The van der Waals surface area contributed by atoms with Crippen LogP contribution in [0.15, 0.2) is 24.8 Å². The van der Waals surface area contributed by atoms with Gasteiger partial charge in [-0.25, -0.2) is 0 Å². The van der Waals surface area contributed by atoms with Gasteiger partial charge in [-0.05, 0) is 33.4 Å². The molecule has 0 spiro atoms. The number of esters is 1. The van der Waals surface area contributed by atoms with Crippen molar-refractivity contribution in [2.45, 2.75) is 67.0 Å². The SMILES string of the molecule is CC.CC.[2H]C([2H])=CC=CC[C@@H](C)C(OC(C)=O)[C@@H](C(C)=O)N(C)C. The number of likely N-dealkylation sites (N-methyl/N-ethyl adjacent to an activating group) is 1. The average molecular weight is 330 g/mol. The summed E-state index contributed by atoms with van der Waals surface area (Å²) in [6.45, 7) is 12.4. The third kappa shape index (κ3) is 12.8. The number of ether oxygens (including phenoxy) is 1. The van der Waals surface area contributed by atoms with E-state index in [1.165, 1.54) is 19.9 Å². The molecule has 0 aromatic rings. The van der Waals surface area contributed by atoms with Gasteiger partial charge in [0.1, 0.15) is 12.1 Å². The van der Waals surface area contributed by atoms with Gasteiger partial charge < -0.3 is 4.74 Å². The molecule has 1 unspecified atom stereocenters. The highest BCUT2D eigenvalue weighted by Crippen LogP contribution is 2.20. The zero-order valence-electron chi connectivity index (χ0n) is 18.3. The predicted molar refractivity (Wildman–Crippen MR) is 99.5 cm³/mol. The second-order valence-electron chi connectivity index (χ2n) is 4.90. The molecule has 23 heavy (non-hydrogen) atoms. The lowest BCUT2D eigenvalue weighted by Gasteiger charge is -2.33. The first kappa shape index (κ1) is 21.6. The third-order valence-corrected chi connectivity index (χ3v) is 2.89. The number of Topliss-reactive ketones (excluding diaryl/α,β-unsaturated/α-hetero) is 1. The summed E-state index contributed by atoms with van der Waals surface area (Å²) in [5, 5.41) is 0. The van der Waals surface area contributed by atoms with Gasteiger partial charge in [0.05, 0.1) is 2.74 Å². The summed E-state index contributed by atoms with van der Waals surface area (Å²) in [5.74, 6) is -0.528. The number of rotatable bonds is 8. The molecule has 0 aromatic heterocycles. The Morgan fingerprint density at radius 3 is 2.09 bits per heavy atom. The molecule has 136 valence electrons. The number of allylic oxidation sites excluding steroid dienone is 3. The molecule has 0 aliphatic rings. The Hall–Kier alpha value is -1.42. The lowest BCUT2D eigenvalue weighted by atomic mass is 9.91. The fraction of sp³-hybridized carbons (Fsp3) is 0.684. The maximum absolute atomic E-state index is 11.8. The van der Waals surface area contributed by atoms with Crippen LogP contribution in [-0.2, 0) is 14.3 Å². The minimum atomic E-state index is -0.532. The number of carbonyl (C=O) groups is 2. The Kier molecular flexibility index (Phi) is 15.9. The van der Waals surface area contributed by atoms with Gasteiger partial charge in [0.25, 0.3) is 0 Å². The number of hydrogen-bond acceptors (Lipinski definition) is 4. The first-order valence-electron chi connectivity index (χ1n) is 9.31. The lowest BCUT2D eigenvalue weighted by Crippen LogP contribution is -2.49. The minimum absolute atomic E-state index is 0.0541. The van der Waals surface area contributed by atoms with Crippen LogP contribution in [0.4, 0.5) is 0 Å². The minimum Gasteiger partial charge on any atom is -0.460 e. The predicted octanol–water partition coefficient (Wildman–Crippen LogP) is 4.26. The lowest BCUT2D eigenvalue weighted by molar-refractivity contribution is -0.154. The molecule has 0 amide bonds. The van der Waals surface area contributed by atoms with Crippen molar-refractivity contribution in [2.24, 2.45) is 5.92 Å². The number of ketones is 1. The summed E-state index contributed by atoms with van der Waals surface area (Å²) in [5.41, 5.74) is 0. The highest BCUT2D eigenvalue weighted by atomic mass is 16.5. The molecular weight excluding hydrogens is 290 g/mol. The fourth-order valence-corrected chi connectivity index (χ4v) is 2.07.